The number of fused-ring (bicyclic) bond motifs is 2. The molecular weight excluding hydrogens is 295 g/mol. The summed E-state index contributed by atoms with van der Waals surface area (Å²) in [6.07, 6.45) is 4.26. The molecule has 2 aromatic carbocycles. The van der Waals surface area contributed by atoms with Crippen molar-refractivity contribution < 1.29 is 0 Å². The van der Waals surface area contributed by atoms with Gasteiger partial charge in [-0.25, -0.2) is 0 Å². The Labute approximate surface area is 142 Å². The van der Waals surface area contributed by atoms with Gasteiger partial charge in [0.05, 0.1) is 0 Å². The van der Waals surface area contributed by atoms with Crippen LogP contribution < -0.4 is 10.6 Å². The molecule has 0 amide bonds. The van der Waals surface area contributed by atoms with Crippen molar-refractivity contribution in [2.45, 2.75) is 45.7 Å². The second-order valence-electron chi connectivity index (χ2n) is 8.17. The van der Waals surface area contributed by atoms with E-state index in [1.165, 1.54) is 19.3 Å². The largest absolute Gasteiger partial charge is 0.0622 e. The summed E-state index contributed by atoms with van der Waals surface area (Å²) >= 11 is 0. The van der Waals surface area contributed by atoms with Crippen molar-refractivity contribution in [2.75, 3.05) is 0 Å². The van der Waals surface area contributed by atoms with Crippen LogP contribution in [0.15, 0.2) is 60.7 Å². The molecule has 2 aliphatic rings. The molecule has 0 saturated heterocycles. The van der Waals surface area contributed by atoms with Crippen LogP contribution in [0.5, 0.6) is 0 Å². The van der Waals surface area contributed by atoms with Crippen molar-refractivity contribution in [3.63, 3.8) is 0 Å². The van der Waals surface area contributed by atoms with Gasteiger partial charge in [-0.15, -0.1) is 0 Å². The normalized spacial score (nSPS) is 31.7. The van der Waals surface area contributed by atoms with E-state index in [4.69, 9.17) is 0 Å². The molecule has 0 heterocycles. The topological polar surface area (TPSA) is 0 Å². The minimum Gasteiger partial charge on any atom is -0.0622 e. The molecule has 23 heavy (non-hydrogen) atoms. The Bertz CT molecular complexity index is 636. The Morgan fingerprint density at radius 1 is 0.826 bits per heavy atom. The zero-order chi connectivity index (χ0) is 16.1. The van der Waals surface area contributed by atoms with Crippen LogP contribution in [0.3, 0.4) is 0 Å². The molecule has 2 aromatic rings. The van der Waals surface area contributed by atoms with Crippen LogP contribution in [-0.4, -0.2) is 5.66 Å². The fraction of sp³-hybridized carbons (Fsp3) is 0.455. The third kappa shape index (κ3) is 2.22. The highest BCUT2D eigenvalue weighted by Gasteiger charge is 2.62. The van der Waals surface area contributed by atoms with Gasteiger partial charge < -0.3 is 0 Å². The molecular formula is C22H27P. The molecule has 2 fully saturated rings. The van der Waals surface area contributed by atoms with Gasteiger partial charge in [-0.2, -0.15) is 0 Å². The summed E-state index contributed by atoms with van der Waals surface area (Å²) in [4.78, 5) is 0. The predicted molar refractivity (Wildman–Crippen MR) is 102 cm³/mol. The van der Waals surface area contributed by atoms with Crippen molar-refractivity contribution in [1.29, 1.82) is 0 Å². The second-order valence-corrected chi connectivity index (χ2v) is 10.6. The quantitative estimate of drug-likeness (QED) is 0.670. The molecule has 0 unspecified atom stereocenters. The summed E-state index contributed by atoms with van der Waals surface area (Å²) in [5.41, 5.74) is 1.78. The van der Waals surface area contributed by atoms with Crippen LogP contribution in [-0.2, 0) is 0 Å². The summed E-state index contributed by atoms with van der Waals surface area (Å²) in [5, 5.41) is 3.12. The maximum absolute atomic E-state index is 2.59. The Morgan fingerprint density at radius 2 is 1.35 bits per heavy atom. The van der Waals surface area contributed by atoms with E-state index in [1.54, 1.807) is 10.6 Å². The summed E-state index contributed by atoms with van der Waals surface area (Å²) in [7, 11) is -0.274. The van der Waals surface area contributed by atoms with Crippen molar-refractivity contribution in [3.05, 3.63) is 60.7 Å². The minimum absolute atomic E-state index is 0.274. The average molecular weight is 322 g/mol. The third-order valence-electron chi connectivity index (χ3n) is 7.13. The number of rotatable bonds is 3. The molecule has 0 N–H and O–H groups in total. The van der Waals surface area contributed by atoms with Gasteiger partial charge in [0.2, 0.25) is 0 Å². The zero-order valence-corrected chi connectivity index (χ0v) is 15.4. The fourth-order valence-electron chi connectivity index (χ4n) is 5.24. The molecule has 2 bridgehead atoms. The molecule has 0 spiro atoms. The Kier molecular flexibility index (Phi) is 3.65. The average Bonchev–Trinajstić information content (AvgIpc) is 2.91. The fourth-order valence-corrected chi connectivity index (χ4v) is 8.74. The van der Waals surface area contributed by atoms with Crippen molar-refractivity contribution in [1.82, 2.24) is 0 Å². The Hall–Kier alpha value is -1.13. The van der Waals surface area contributed by atoms with E-state index in [1.807, 2.05) is 0 Å². The highest BCUT2D eigenvalue weighted by atomic mass is 31.1. The van der Waals surface area contributed by atoms with Crippen molar-refractivity contribution in [2.24, 2.45) is 16.7 Å². The van der Waals surface area contributed by atoms with Crippen LogP contribution in [0, 0.1) is 16.7 Å². The molecule has 0 aromatic heterocycles. The van der Waals surface area contributed by atoms with Crippen LogP contribution >= 0.6 is 7.92 Å². The van der Waals surface area contributed by atoms with Crippen molar-refractivity contribution in [3.8, 4) is 0 Å². The SMILES string of the molecule is CC1(C)[C@H]2CC[C@]1(C)[C@@H](P(c1ccccc1)c1ccccc1)C2. The Balaban J connectivity index is 1.82. The van der Waals surface area contributed by atoms with E-state index < -0.39 is 0 Å². The highest BCUT2D eigenvalue weighted by molar-refractivity contribution is 7.73. The molecule has 2 saturated carbocycles. The van der Waals surface area contributed by atoms with E-state index in [0.717, 1.165) is 11.6 Å². The lowest BCUT2D eigenvalue weighted by Gasteiger charge is -2.43. The first-order chi connectivity index (χ1) is 11.0. The molecule has 0 aliphatic heterocycles. The Morgan fingerprint density at radius 3 is 1.74 bits per heavy atom. The lowest BCUT2D eigenvalue weighted by molar-refractivity contribution is 0.155. The van der Waals surface area contributed by atoms with Gasteiger partial charge in [0.15, 0.2) is 0 Å². The summed E-state index contributed by atoms with van der Waals surface area (Å²) in [6, 6.07) is 22.6. The first kappa shape index (κ1) is 15.4. The summed E-state index contributed by atoms with van der Waals surface area (Å²) in [6.45, 7) is 7.66. The predicted octanol–water partition coefficient (Wildman–Crippen LogP) is 5.33. The van der Waals surface area contributed by atoms with Gasteiger partial charge in [-0.1, -0.05) is 81.4 Å². The lowest BCUT2D eigenvalue weighted by atomic mass is 9.71. The number of benzene rings is 2. The van der Waals surface area contributed by atoms with E-state index in [2.05, 4.69) is 81.4 Å². The van der Waals surface area contributed by atoms with Crippen LogP contribution in [0.2, 0.25) is 0 Å². The smallest absolute Gasteiger partial charge is 0.00668 e. The highest BCUT2D eigenvalue weighted by Crippen LogP contribution is 2.72. The van der Waals surface area contributed by atoms with Gasteiger partial charge in [-0.05, 0) is 60.2 Å². The summed E-state index contributed by atoms with van der Waals surface area (Å²) in [5.74, 6) is 0.912. The molecule has 2 aliphatic carbocycles. The second kappa shape index (κ2) is 5.45. The van der Waals surface area contributed by atoms with E-state index in [-0.39, 0.29) is 7.92 Å². The lowest BCUT2D eigenvalue weighted by Crippen LogP contribution is -2.38. The monoisotopic (exact) mass is 322 g/mol. The molecule has 0 radical (unpaired) electrons. The molecule has 3 atom stereocenters. The molecule has 120 valence electrons. The standard InChI is InChI=1S/C22H27P/c1-21(2)17-14-15-22(21,3)20(16-17)23(18-10-6-4-7-11-18)19-12-8-5-9-13-19/h4-13,17,20H,14-16H2,1-3H3/t17-,20-,22+/m0/s1. The van der Waals surface area contributed by atoms with Gasteiger partial charge in [0.25, 0.3) is 0 Å². The van der Waals surface area contributed by atoms with E-state index in [9.17, 15) is 0 Å². The first-order valence-corrected chi connectivity index (χ1v) is 10.3. The minimum atomic E-state index is -0.274. The van der Waals surface area contributed by atoms with Crippen LogP contribution in [0.25, 0.3) is 0 Å². The molecule has 0 nitrogen and oxygen atoms in total. The number of hydrogen-bond acceptors (Lipinski definition) is 0. The van der Waals surface area contributed by atoms with Gasteiger partial charge in [0.1, 0.15) is 0 Å². The summed E-state index contributed by atoms with van der Waals surface area (Å²) < 4.78 is 0. The van der Waals surface area contributed by atoms with Crippen LogP contribution in [0.4, 0.5) is 0 Å². The zero-order valence-electron chi connectivity index (χ0n) is 14.5. The molecule has 4 rings (SSSR count). The maximum atomic E-state index is 2.59. The van der Waals surface area contributed by atoms with E-state index in [0.29, 0.717) is 10.8 Å². The van der Waals surface area contributed by atoms with Gasteiger partial charge >= 0.3 is 0 Å². The van der Waals surface area contributed by atoms with Gasteiger partial charge in [0, 0.05) is 0 Å². The maximum Gasteiger partial charge on any atom is -0.00668 e. The van der Waals surface area contributed by atoms with E-state index >= 15 is 0 Å². The van der Waals surface area contributed by atoms with Crippen LogP contribution in [0.1, 0.15) is 40.0 Å². The van der Waals surface area contributed by atoms with Gasteiger partial charge in [-0.3, -0.25) is 0 Å². The first-order valence-electron chi connectivity index (χ1n) is 8.93. The molecule has 1 heteroatoms. The van der Waals surface area contributed by atoms with Crippen molar-refractivity contribution >= 4 is 18.5 Å². The third-order valence-corrected chi connectivity index (χ3v) is 10.2. The number of hydrogen-bond donors (Lipinski definition) is 0.